The molecule has 0 aliphatic heterocycles. The van der Waals surface area contributed by atoms with Crippen molar-refractivity contribution in [1.82, 2.24) is 4.90 Å². The molecule has 0 bridgehead atoms. The van der Waals surface area contributed by atoms with Crippen LogP contribution < -0.4 is 0 Å². The van der Waals surface area contributed by atoms with Gasteiger partial charge in [-0.15, -0.1) is 0 Å². The first-order chi connectivity index (χ1) is 18.0. The summed E-state index contributed by atoms with van der Waals surface area (Å²) >= 11 is 0. The summed E-state index contributed by atoms with van der Waals surface area (Å²) in [5, 5.41) is 50.9. The van der Waals surface area contributed by atoms with Crippen molar-refractivity contribution in [3.63, 3.8) is 0 Å². The average molecular weight is 540 g/mol. The number of rotatable bonds is 9. The van der Waals surface area contributed by atoms with E-state index in [2.05, 4.69) is 20.8 Å². The Morgan fingerprint density at radius 2 is 1.68 bits per heavy atom. The topological polar surface area (TPSA) is 148 Å². The van der Waals surface area contributed by atoms with Gasteiger partial charge in [-0.3, -0.25) is 4.79 Å². The molecule has 9 heteroatoms. The van der Waals surface area contributed by atoms with Crippen LogP contribution in [-0.4, -0.2) is 87.1 Å². The molecule has 0 aromatic rings. The predicted octanol–water partition coefficient (Wildman–Crippen LogP) is 2.88. The van der Waals surface area contributed by atoms with E-state index < -0.39 is 24.3 Å². The van der Waals surface area contributed by atoms with Gasteiger partial charge in [0.15, 0.2) is 0 Å². The standard InChI is InChI=1S/C29H49NO8/c1-17(4-7-25(35)36)20-5-6-21-26-22(16-24(34)29(20,21)3)28(2)9-8-19(14-18(28)15-23(26)33)38-27(37)30(10-12-31)11-13-32/h17-24,26,31-34H,4-16H2,1-3H3,(H,35,36)/t17?,18-,19+,20?,21-,22?,23?,24?,26+,28?,29?/m0/s1. The molecule has 4 fully saturated rings. The number of ether oxygens (including phenoxy) is 1. The number of carbonyl (C=O) groups excluding carboxylic acids is 1. The Labute approximate surface area is 226 Å². The normalized spacial score (nSPS) is 42.9. The van der Waals surface area contributed by atoms with Crippen molar-refractivity contribution in [3.8, 4) is 0 Å². The fraction of sp³-hybridized carbons (Fsp3) is 0.931. The lowest BCUT2D eigenvalue weighted by Crippen LogP contribution is -2.62. The number of carbonyl (C=O) groups is 2. The molecule has 1 amide bonds. The quantitative estimate of drug-likeness (QED) is 0.300. The Morgan fingerprint density at radius 3 is 2.32 bits per heavy atom. The van der Waals surface area contributed by atoms with Gasteiger partial charge in [0.05, 0.1) is 25.4 Å². The Morgan fingerprint density at radius 1 is 1.00 bits per heavy atom. The number of aliphatic hydroxyl groups excluding tert-OH is 4. The molecule has 0 radical (unpaired) electrons. The van der Waals surface area contributed by atoms with E-state index in [1.165, 1.54) is 4.90 Å². The van der Waals surface area contributed by atoms with Crippen LogP contribution in [0.5, 0.6) is 0 Å². The van der Waals surface area contributed by atoms with Gasteiger partial charge >= 0.3 is 12.1 Å². The number of amides is 1. The summed E-state index contributed by atoms with van der Waals surface area (Å²) in [5.41, 5.74) is -0.378. The van der Waals surface area contributed by atoms with E-state index in [0.29, 0.717) is 25.7 Å². The summed E-state index contributed by atoms with van der Waals surface area (Å²) in [7, 11) is 0. The SMILES string of the molecule is CC(CCC(=O)O)C1CC[C@H]2[C@H]3C(O)C[C@@H]4C[C@H](OC(=O)N(CCO)CCO)CCC4(C)C3CC(O)C12C. The van der Waals surface area contributed by atoms with Gasteiger partial charge in [0.1, 0.15) is 6.10 Å². The zero-order chi connectivity index (χ0) is 27.8. The molecular formula is C29H49NO8. The van der Waals surface area contributed by atoms with Gasteiger partial charge in [-0.25, -0.2) is 4.79 Å². The van der Waals surface area contributed by atoms with E-state index in [1.54, 1.807) is 0 Å². The molecule has 7 unspecified atom stereocenters. The van der Waals surface area contributed by atoms with Gasteiger partial charge in [0.2, 0.25) is 0 Å². The molecule has 4 aliphatic rings. The molecule has 0 aromatic heterocycles. The number of aliphatic carboxylic acids is 1. The van der Waals surface area contributed by atoms with E-state index in [-0.39, 0.29) is 85.2 Å². The Hall–Kier alpha value is -1.42. The minimum absolute atomic E-state index is 0.0575. The molecular weight excluding hydrogens is 490 g/mol. The lowest BCUT2D eigenvalue weighted by Gasteiger charge is -2.63. The first-order valence-electron chi connectivity index (χ1n) is 14.7. The third kappa shape index (κ3) is 5.20. The van der Waals surface area contributed by atoms with Gasteiger partial charge in [0, 0.05) is 19.5 Å². The maximum Gasteiger partial charge on any atom is 0.410 e. The minimum Gasteiger partial charge on any atom is -0.481 e. The van der Waals surface area contributed by atoms with E-state index in [4.69, 9.17) is 4.74 Å². The van der Waals surface area contributed by atoms with E-state index >= 15 is 0 Å². The van der Waals surface area contributed by atoms with Crippen molar-refractivity contribution in [2.24, 2.45) is 46.3 Å². The summed E-state index contributed by atoms with van der Waals surface area (Å²) in [6.45, 7) is 6.46. The fourth-order valence-electron chi connectivity index (χ4n) is 9.53. The van der Waals surface area contributed by atoms with Crippen LogP contribution in [0.3, 0.4) is 0 Å². The van der Waals surface area contributed by atoms with Crippen molar-refractivity contribution in [2.75, 3.05) is 26.3 Å². The Balaban J connectivity index is 1.48. The van der Waals surface area contributed by atoms with Gasteiger partial charge in [-0.05, 0) is 97.7 Å². The van der Waals surface area contributed by atoms with E-state index in [1.807, 2.05) is 0 Å². The van der Waals surface area contributed by atoms with E-state index in [9.17, 15) is 35.1 Å². The Kier molecular flexibility index (Phi) is 9.02. The molecule has 4 rings (SSSR count). The van der Waals surface area contributed by atoms with Crippen LogP contribution >= 0.6 is 0 Å². The van der Waals surface area contributed by atoms with Crippen molar-refractivity contribution < 1.29 is 39.9 Å². The minimum atomic E-state index is -0.779. The molecule has 0 spiro atoms. The monoisotopic (exact) mass is 539 g/mol. The number of aliphatic hydroxyl groups is 4. The van der Waals surface area contributed by atoms with Crippen LogP contribution in [0.15, 0.2) is 0 Å². The highest BCUT2D eigenvalue weighted by molar-refractivity contribution is 5.68. The van der Waals surface area contributed by atoms with Crippen LogP contribution in [0.1, 0.15) is 78.6 Å². The first kappa shape index (κ1) is 29.6. The zero-order valence-corrected chi connectivity index (χ0v) is 23.3. The molecule has 0 saturated heterocycles. The van der Waals surface area contributed by atoms with Gasteiger partial charge < -0.3 is 35.2 Å². The second-order valence-corrected chi connectivity index (χ2v) is 13.2. The number of carboxylic acid groups (broad SMARTS) is 1. The molecule has 38 heavy (non-hydrogen) atoms. The van der Waals surface area contributed by atoms with Crippen molar-refractivity contribution in [2.45, 2.75) is 96.9 Å². The Bertz CT molecular complexity index is 848. The highest BCUT2D eigenvalue weighted by atomic mass is 16.6. The van der Waals surface area contributed by atoms with Crippen molar-refractivity contribution in [1.29, 1.82) is 0 Å². The summed E-state index contributed by atoms with van der Waals surface area (Å²) in [5.74, 6) is 0.367. The molecule has 9 nitrogen and oxygen atoms in total. The number of hydrogen-bond donors (Lipinski definition) is 5. The maximum absolute atomic E-state index is 12.7. The maximum atomic E-state index is 12.7. The summed E-state index contributed by atoms with van der Waals surface area (Å²) in [6, 6.07) is 0. The van der Waals surface area contributed by atoms with Crippen LogP contribution in [-0.2, 0) is 9.53 Å². The lowest BCUT2D eigenvalue weighted by molar-refractivity contribution is -0.207. The second kappa shape index (κ2) is 11.6. The third-order valence-corrected chi connectivity index (χ3v) is 11.6. The van der Waals surface area contributed by atoms with Gasteiger partial charge in [-0.2, -0.15) is 0 Å². The summed E-state index contributed by atoms with van der Waals surface area (Å²) in [6.07, 6.45) is 4.48. The molecule has 218 valence electrons. The smallest absolute Gasteiger partial charge is 0.410 e. The molecule has 4 saturated carbocycles. The molecule has 5 N–H and O–H groups in total. The molecule has 0 aromatic carbocycles. The summed E-state index contributed by atoms with van der Waals surface area (Å²) < 4.78 is 5.80. The molecule has 0 heterocycles. The molecule has 4 aliphatic carbocycles. The average Bonchev–Trinajstić information content (AvgIpc) is 3.22. The number of carboxylic acids is 1. The zero-order valence-electron chi connectivity index (χ0n) is 23.3. The third-order valence-electron chi connectivity index (χ3n) is 11.6. The van der Waals surface area contributed by atoms with Crippen LogP contribution in [0.4, 0.5) is 4.79 Å². The fourth-order valence-corrected chi connectivity index (χ4v) is 9.53. The number of fused-ring (bicyclic) bond motifs is 5. The van der Waals surface area contributed by atoms with Crippen LogP contribution in [0, 0.1) is 46.3 Å². The highest BCUT2D eigenvalue weighted by Gasteiger charge is 2.65. The van der Waals surface area contributed by atoms with Crippen molar-refractivity contribution in [3.05, 3.63) is 0 Å². The van der Waals surface area contributed by atoms with Gasteiger partial charge in [0.25, 0.3) is 0 Å². The van der Waals surface area contributed by atoms with Crippen molar-refractivity contribution >= 4 is 12.1 Å². The van der Waals surface area contributed by atoms with Gasteiger partial charge in [-0.1, -0.05) is 20.8 Å². The first-order valence-corrected chi connectivity index (χ1v) is 14.7. The lowest BCUT2D eigenvalue weighted by atomic mass is 9.43. The predicted molar refractivity (Wildman–Crippen MR) is 140 cm³/mol. The van der Waals surface area contributed by atoms with Crippen LogP contribution in [0.2, 0.25) is 0 Å². The number of hydrogen-bond acceptors (Lipinski definition) is 7. The van der Waals surface area contributed by atoms with E-state index in [0.717, 1.165) is 25.7 Å². The highest BCUT2D eigenvalue weighted by Crippen LogP contribution is 2.68. The largest absolute Gasteiger partial charge is 0.481 e. The second-order valence-electron chi connectivity index (χ2n) is 13.2. The van der Waals surface area contributed by atoms with Crippen LogP contribution in [0.25, 0.3) is 0 Å². The summed E-state index contributed by atoms with van der Waals surface area (Å²) in [4.78, 5) is 25.2. The molecule has 11 atom stereocenters. The number of nitrogens with zero attached hydrogens (tertiary/aromatic N) is 1.